The molecule has 72 valence electrons. The van der Waals surface area contributed by atoms with Crippen molar-refractivity contribution < 1.29 is 0 Å². The van der Waals surface area contributed by atoms with E-state index < -0.39 is 7.59 Å². The molecule has 0 N–H and O–H groups in total. The molecule has 0 aliphatic carbocycles. The molecular weight excluding hydrogens is 285 g/mol. The fourth-order valence-electron chi connectivity index (χ4n) is 0. The van der Waals surface area contributed by atoms with Crippen LogP contribution < -0.4 is 0 Å². The van der Waals surface area contributed by atoms with Gasteiger partial charge in [-0.15, -0.1) is 0 Å². The lowest BCUT2D eigenvalue weighted by Gasteiger charge is -2.19. The van der Waals surface area contributed by atoms with Crippen LogP contribution in [0.25, 0.3) is 0 Å². The highest BCUT2D eigenvalue weighted by Gasteiger charge is 2.43. The Morgan fingerprint density at radius 1 is 0.667 bits per heavy atom. The van der Waals surface area contributed by atoms with E-state index in [2.05, 4.69) is 13.2 Å². The molecular formula is C6H6Cl6. The second kappa shape index (κ2) is 6.64. The summed E-state index contributed by atoms with van der Waals surface area (Å²) in [5, 5.41) is 0. The third kappa shape index (κ3) is 9.31. The van der Waals surface area contributed by atoms with E-state index in [1.807, 2.05) is 0 Å². The van der Waals surface area contributed by atoms with Crippen molar-refractivity contribution in [3.05, 3.63) is 25.3 Å². The number of allylic oxidation sites excluding steroid dienone is 2. The van der Waals surface area contributed by atoms with Crippen LogP contribution in [0.3, 0.4) is 0 Å². The molecule has 0 aromatic rings. The van der Waals surface area contributed by atoms with E-state index in [0.29, 0.717) is 0 Å². The first-order chi connectivity index (χ1) is 5.16. The second-order valence-corrected chi connectivity index (χ2v) is 6.03. The summed E-state index contributed by atoms with van der Waals surface area (Å²) >= 11 is 30.9. The normalized spacial score (nSPS) is 11.2. The highest BCUT2D eigenvalue weighted by atomic mass is 35.6. The van der Waals surface area contributed by atoms with Crippen molar-refractivity contribution in [1.29, 1.82) is 0 Å². The van der Waals surface area contributed by atoms with Crippen LogP contribution in [0.1, 0.15) is 0 Å². The maximum absolute atomic E-state index is 5.14. The summed E-state index contributed by atoms with van der Waals surface area (Å²) in [6.45, 7) is 6.72. The van der Waals surface area contributed by atoms with Gasteiger partial charge in [0.15, 0.2) is 0 Å². The summed E-state index contributed by atoms with van der Waals surface area (Å²) in [4.78, 5) is 0. The molecule has 0 saturated carbocycles. The van der Waals surface area contributed by atoms with Gasteiger partial charge in [-0.2, -0.15) is 0 Å². The Morgan fingerprint density at radius 3 is 0.833 bits per heavy atom. The molecule has 6 heteroatoms. The zero-order valence-corrected chi connectivity index (χ0v) is 10.4. The van der Waals surface area contributed by atoms with E-state index in [4.69, 9.17) is 69.6 Å². The maximum atomic E-state index is 5.14. The molecule has 0 saturated heterocycles. The molecule has 0 atom stereocenters. The Balaban J connectivity index is 0. The number of halogens is 6. The van der Waals surface area contributed by atoms with Gasteiger partial charge >= 0.3 is 0 Å². The standard InChI is InChI=1S/C4H6.C2Cl6/c1-3-4-2;3-1(4,5)2(6,7)8/h3-4H,1-2H2;. The van der Waals surface area contributed by atoms with Crippen LogP contribution in [0.4, 0.5) is 0 Å². The zero-order valence-electron chi connectivity index (χ0n) is 5.84. The monoisotopic (exact) mass is 288 g/mol. The summed E-state index contributed by atoms with van der Waals surface area (Å²) in [5.74, 6) is 0. The Bertz CT molecular complexity index is 121. The van der Waals surface area contributed by atoms with Gasteiger partial charge in [0.25, 0.3) is 0 Å². The van der Waals surface area contributed by atoms with E-state index in [0.717, 1.165) is 0 Å². The highest BCUT2D eigenvalue weighted by Crippen LogP contribution is 2.48. The minimum Gasteiger partial charge on any atom is -0.0991 e. The maximum Gasteiger partial charge on any atom is 0.236 e. The Kier molecular flexibility index (Phi) is 8.68. The Hall–Kier alpha value is 1.22. The molecule has 0 heterocycles. The van der Waals surface area contributed by atoms with Gasteiger partial charge in [0, 0.05) is 0 Å². The third-order valence-corrected chi connectivity index (χ3v) is 3.06. The van der Waals surface area contributed by atoms with E-state index in [1.54, 1.807) is 12.2 Å². The summed E-state index contributed by atoms with van der Waals surface area (Å²) in [7, 11) is 0. The van der Waals surface area contributed by atoms with Crippen molar-refractivity contribution in [2.75, 3.05) is 0 Å². The number of hydrogen-bond donors (Lipinski definition) is 0. The summed E-state index contributed by atoms with van der Waals surface area (Å²) in [5.41, 5.74) is 0. The van der Waals surface area contributed by atoms with Crippen molar-refractivity contribution in [2.45, 2.75) is 7.59 Å². The van der Waals surface area contributed by atoms with Crippen molar-refractivity contribution in [3.63, 3.8) is 0 Å². The van der Waals surface area contributed by atoms with Gasteiger partial charge in [-0.1, -0.05) is 94.9 Å². The van der Waals surface area contributed by atoms with Crippen LogP contribution in [-0.2, 0) is 0 Å². The van der Waals surface area contributed by atoms with Gasteiger partial charge < -0.3 is 0 Å². The number of rotatable bonds is 1. The molecule has 0 unspecified atom stereocenters. The molecule has 0 amide bonds. The van der Waals surface area contributed by atoms with E-state index in [-0.39, 0.29) is 0 Å². The van der Waals surface area contributed by atoms with Gasteiger partial charge in [0.1, 0.15) is 0 Å². The molecule has 0 bridgehead atoms. The molecule has 0 aliphatic rings. The van der Waals surface area contributed by atoms with E-state index >= 15 is 0 Å². The number of alkyl halides is 6. The second-order valence-electron chi connectivity index (χ2n) is 1.47. The smallest absolute Gasteiger partial charge is 0.0991 e. The first-order valence-electron chi connectivity index (χ1n) is 2.53. The number of hydrogen-bond acceptors (Lipinski definition) is 0. The van der Waals surface area contributed by atoms with Crippen LogP contribution in [0.15, 0.2) is 25.3 Å². The van der Waals surface area contributed by atoms with Crippen molar-refractivity contribution >= 4 is 69.6 Å². The molecule has 0 aromatic heterocycles. The molecule has 0 radical (unpaired) electrons. The molecule has 12 heavy (non-hydrogen) atoms. The fourth-order valence-corrected chi connectivity index (χ4v) is 0. The molecule has 0 fully saturated rings. The topological polar surface area (TPSA) is 0 Å². The predicted octanol–water partition coefficient (Wildman–Crippen LogP) is 5.09. The van der Waals surface area contributed by atoms with Crippen molar-refractivity contribution in [1.82, 2.24) is 0 Å². The predicted molar refractivity (Wildman–Crippen MR) is 61.0 cm³/mol. The van der Waals surface area contributed by atoms with E-state index in [9.17, 15) is 0 Å². The largest absolute Gasteiger partial charge is 0.236 e. The lowest BCUT2D eigenvalue weighted by molar-refractivity contribution is 1.10. The average molecular weight is 291 g/mol. The summed E-state index contributed by atoms with van der Waals surface area (Å²) < 4.78 is -3.70. The Labute approximate surface area is 102 Å². The molecule has 0 aromatic carbocycles. The van der Waals surface area contributed by atoms with Crippen LogP contribution >= 0.6 is 69.6 Å². The quantitative estimate of drug-likeness (QED) is 0.466. The van der Waals surface area contributed by atoms with Gasteiger partial charge in [-0.05, 0) is 0 Å². The summed E-state index contributed by atoms with van der Waals surface area (Å²) in [6, 6.07) is 0. The van der Waals surface area contributed by atoms with Gasteiger partial charge in [-0.3, -0.25) is 0 Å². The van der Waals surface area contributed by atoms with Gasteiger partial charge in [0.05, 0.1) is 0 Å². The Morgan fingerprint density at radius 2 is 0.833 bits per heavy atom. The average Bonchev–Trinajstić information content (AvgIpc) is 1.84. The third-order valence-electron chi connectivity index (χ3n) is 0.488. The highest BCUT2D eigenvalue weighted by molar-refractivity contribution is 6.83. The van der Waals surface area contributed by atoms with Crippen molar-refractivity contribution in [2.24, 2.45) is 0 Å². The first-order valence-corrected chi connectivity index (χ1v) is 4.80. The zero-order chi connectivity index (χ0) is 10.4. The van der Waals surface area contributed by atoms with E-state index in [1.165, 1.54) is 0 Å². The van der Waals surface area contributed by atoms with Crippen LogP contribution in [0.2, 0.25) is 0 Å². The lowest BCUT2D eigenvalue weighted by Crippen LogP contribution is -2.23. The summed E-state index contributed by atoms with van der Waals surface area (Å²) in [6.07, 6.45) is 3.28. The SMILES string of the molecule is C=CC=C.ClC(Cl)(Cl)C(Cl)(Cl)Cl. The van der Waals surface area contributed by atoms with Crippen LogP contribution in [0.5, 0.6) is 0 Å². The fraction of sp³-hybridized carbons (Fsp3) is 0.333. The van der Waals surface area contributed by atoms with Gasteiger partial charge in [0.2, 0.25) is 7.59 Å². The minimum atomic E-state index is -1.85. The van der Waals surface area contributed by atoms with Crippen LogP contribution in [-0.4, -0.2) is 7.59 Å². The first kappa shape index (κ1) is 15.7. The minimum absolute atomic E-state index is 1.64. The molecule has 0 nitrogen and oxygen atoms in total. The van der Waals surface area contributed by atoms with Crippen molar-refractivity contribution in [3.8, 4) is 0 Å². The van der Waals surface area contributed by atoms with Crippen LogP contribution in [0, 0.1) is 0 Å². The molecule has 0 rings (SSSR count). The van der Waals surface area contributed by atoms with Gasteiger partial charge in [-0.25, -0.2) is 0 Å². The lowest BCUT2D eigenvalue weighted by atomic mass is 10.6. The molecule has 0 aliphatic heterocycles. The molecule has 0 spiro atoms.